The molecule has 0 saturated heterocycles. The molecule has 5 nitrogen and oxygen atoms in total. The van der Waals surface area contributed by atoms with Crippen molar-refractivity contribution in [2.45, 2.75) is 37.8 Å². The van der Waals surface area contributed by atoms with Gasteiger partial charge in [-0.1, -0.05) is 0 Å². The number of carbonyl (C=O) groups excluding carboxylic acids is 1. The fraction of sp³-hybridized carbons (Fsp3) is 0.636. The summed E-state index contributed by atoms with van der Waals surface area (Å²) in [5.41, 5.74) is 0.451. The number of aromatic nitrogens is 2. The Morgan fingerprint density at radius 2 is 2.44 bits per heavy atom. The normalized spacial score (nSPS) is 19.2. The maximum Gasteiger partial charge on any atom is 0.335 e. The zero-order valence-corrected chi connectivity index (χ0v) is 9.51. The van der Waals surface area contributed by atoms with Gasteiger partial charge in [0.1, 0.15) is 0 Å². The Bertz CT molecular complexity index is 396. The van der Waals surface area contributed by atoms with Crippen molar-refractivity contribution in [3.05, 3.63) is 18.0 Å². The van der Waals surface area contributed by atoms with Crippen molar-refractivity contribution in [2.24, 2.45) is 0 Å². The summed E-state index contributed by atoms with van der Waals surface area (Å²) in [5.74, 6) is -0.568. The first-order valence-electron chi connectivity index (χ1n) is 5.44. The average Bonchev–Trinajstić information content (AvgIpc) is 2.98. The number of hydrogen-bond donors (Lipinski definition) is 1. The molecule has 0 radical (unpaired) electrons. The van der Waals surface area contributed by atoms with Crippen molar-refractivity contribution in [3.63, 3.8) is 0 Å². The molecule has 1 aliphatic rings. The van der Waals surface area contributed by atoms with Gasteiger partial charge in [0, 0.05) is 23.9 Å². The summed E-state index contributed by atoms with van der Waals surface area (Å²) in [5, 5.41) is 14.1. The molecule has 1 saturated carbocycles. The molecule has 1 aromatic rings. The maximum absolute atomic E-state index is 11.4. The van der Waals surface area contributed by atoms with Crippen molar-refractivity contribution < 1.29 is 14.6 Å². The van der Waals surface area contributed by atoms with Crippen LogP contribution in [0.25, 0.3) is 0 Å². The Labute approximate surface area is 94.0 Å². The van der Waals surface area contributed by atoms with Crippen LogP contribution in [0, 0.1) is 0 Å². The highest BCUT2D eigenvalue weighted by molar-refractivity contribution is 5.77. The number of aliphatic hydroxyl groups is 1. The molecule has 1 fully saturated rings. The second-order valence-electron chi connectivity index (χ2n) is 4.11. The lowest BCUT2D eigenvalue weighted by atomic mass is 9.95. The lowest BCUT2D eigenvalue weighted by molar-refractivity contribution is -0.152. The molecule has 1 aliphatic carbocycles. The van der Waals surface area contributed by atoms with Crippen molar-refractivity contribution in [1.29, 1.82) is 0 Å². The molecule has 1 aromatic heterocycles. The fourth-order valence-corrected chi connectivity index (χ4v) is 2.15. The van der Waals surface area contributed by atoms with E-state index in [4.69, 9.17) is 0 Å². The molecular formula is C11H16N2O3. The van der Waals surface area contributed by atoms with Gasteiger partial charge < -0.3 is 9.84 Å². The van der Waals surface area contributed by atoms with Gasteiger partial charge in [-0.3, -0.25) is 4.68 Å². The fourth-order valence-electron chi connectivity index (χ4n) is 2.15. The van der Waals surface area contributed by atoms with Crippen LogP contribution in [0.5, 0.6) is 0 Å². The van der Waals surface area contributed by atoms with Gasteiger partial charge in [0.2, 0.25) is 0 Å². The molecule has 0 amide bonds. The summed E-state index contributed by atoms with van der Waals surface area (Å²) < 4.78 is 6.41. The first-order valence-corrected chi connectivity index (χ1v) is 5.44. The van der Waals surface area contributed by atoms with E-state index >= 15 is 0 Å². The third kappa shape index (κ3) is 1.51. The topological polar surface area (TPSA) is 64.3 Å². The second-order valence-corrected chi connectivity index (χ2v) is 4.11. The molecule has 0 bridgehead atoms. The molecule has 1 unspecified atom stereocenters. The van der Waals surface area contributed by atoms with Gasteiger partial charge in [0.05, 0.1) is 7.11 Å². The van der Waals surface area contributed by atoms with Gasteiger partial charge >= 0.3 is 5.97 Å². The van der Waals surface area contributed by atoms with Crippen LogP contribution >= 0.6 is 0 Å². The number of methoxy groups -OCH3 is 1. The van der Waals surface area contributed by atoms with Gasteiger partial charge in [-0.05, 0) is 25.8 Å². The number of ether oxygens (including phenoxy) is 1. The summed E-state index contributed by atoms with van der Waals surface area (Å²) in [6.07, 6.45) is 2.21. The number of aryl methyl sites for hydroxylation is 1. The second kappa shape index (κ2) is 3.90. The van der Waals surface area contributed by atoms with Crippen molar-refractivity contribution in [1.82, 2.24) is 9.78 Å². The Morgan fingerprint density at radius 1 is 1.75 bits per heavy atom. The predicted octanol–water partition coefficient (Wildman–Crippen LogP) is 0.468. The Morgan fingerprint density at radius 3 is 2.94 bits per heavy atom. The first kappa shape index (κ1) is 11.1. The van der Waals surface area contributed by atoms with E-state index in [9.17, 15) is 9.90 Å². The number of esters is 1. The third-order valence-corrected chi connectivity index (χ3v) is 3.26. The number of hydrogen-bond acceptors (Lipinski definition) is 4. The van der Waals surface area contributed by atoms with E-state index in [-0.39, 0.29) is 0 Å². The molecular weight excluding hydrogens is 208 g/mol. The maximum atomic E-state index is 11.4. The summed E-state index contributed by atoms with van der Waals surface area (Å²) in [6, 6.07) is 1.86. The molecule has 0 spiro atoms. The SMILES string of the molecule is CCn1nccc1C1(C(O)C(=O)OC)CC1. The van der Waals surface area contributed by atoms with Crippen LogP contribution in [0.3, 0.4) is 0 Å². The summed E-state index contributed by atoms with van der Waals surface area (Å²) in [4.78, 5) is 11.4. The molecule has 1 N–H and O–H groups in total. The smallest absolute Gasteiger partial charge is 0.335 e. The zero-order chi connectivity index (χ0) is 11.8. The van der Waals surface area contributed by atoms with E-state index in [0.717, 1.165) is 25.1 Å². The summed E-state index contributed by atoms with van der Waals surface area (Å²) >= 11 is 0. The standard InChI is InChI=1S/C11H16N2O3/c1-3-13-8(4-7-12-13)11(5-6-11)9(14)10(15)16-2/h4,7,9,14H,3,5-6H2,1-2H3. The number of rotatable bonds is 4. The van der Waals surface area contributed by atoms with E-state index in [2.05, 4.69) is 9.84 Å². The Hall–Kier alpha value is -1.36. The van der Waals surface area contributed by atoms with Gasteiger partial charge in [0.15, 0.2) is 6.10 Å². The van der Waals surface area contributed by atoms with Crippen LogP contribution < -0.4 is 0 Å². The zero-order valence-electron chi connectivity index (χ0n) is 9.51. The van der Waals surface area contributed by atoms with Crippen LogP contribution in [-0.2, 0) is 21.5 Å². The van der Waals surface area contributed by atoms with E-state index in [0.29, 0.717) is 0 Å². The van der Waals surface area contributed by atoms with Crippen LogP contribution in [-0.4, -0.2) is 34.1 Å². The van der Waals surface area contributed by atoms with Crippen LogP contribution in [0.15, 0.2) is 12.3 Å². The molecule has 88 valence electrons. The molecule has 2 rings (SSSR count). The van der Waals surface area contributed by atoms with Crippen molar-refractivity contribution in [2.75, 3.05) is 7.11 Å². The highest BCUT2D eigenvalue weighted by Gasteiger charge is 2.55. The Balaban J connectivity index is 2.29. The monoisotopic (exact) mass is 224 g/mol. The van der Waals surface area contributed by atoms with E-state index < -0.39 is 17.5 Å². The number of carbonyl (C=O) groups is 1. The van der Waals surface area contributed by atoms with Crippen molar-refractivity contribution >= 4 is 5.97 Å². The van der Waals surface area contributed by atoms with Crippen LogP contribution in [0.2, 0.25) is 0 Å². The van der Waals surface area contributed by atoms with Gasteiger partial charge in [0.25, 0.3) is 0 Å². The largest absolute Gasteiger partial charge is 0.467 e. The number of aliphatic hydroxyl groups excluding tert-OH is 1. The third-order valence-electron chi connectivity index (χ3n) is 3.26. The first-order chi connectivity index (χ1) is 7.65. The highest BCUT2D eigenvalue weighted by Crippen LogP contribution is 2.51. The average molecular weight is 224 g/mol. The highest BCUT2D eigenvalue weighted by atomic mass is 16.5. The minimum Gasteiger partial charge on any atom is -0.467 e. The van der Waals surface area contributed by atoms with Crippen LogP contribution in [0.1, 0.15) is 25.5 Å². The van der Waals surface area contributed by atoms with Crippen LogP contribution in [0.4, 0.5) is 0 Å². The molecule has 1 atom stereocenters. The molecule has 0 aliphatic heterocycles. The quantitative estimate of drug-likeness (QED) is 0.755. The molecule has 16 heavy (non-hydrogen) atoms. The minimum absolute atomic E-state index is 0.473. The molecule has 0 aromatic carbocycles. The Kier molecular flexibility index (Phi) is 2.71. The predicted molar refractivity (Wildman–Crippen MR) is 56.8 cm³/mol. The van der Waals surface area contributed by atoms with Gasteiger partial charge in [-0.25, -0.2) is 4.79 Å². The van der Waals surface area contributed by atoms with E-state index in [1.807, 2.05) is 17.7 Å². The van der Waals surface area contributed by atoms with E-state index in [1.54, 1.807) is 6.20 Å². The van der Waals surface area contributed by atoms with Crippen molar-refractivity contribution in [3.8, 4) is 0 Å². The summed E-state index contributed by atoms with van der Waals surface area (Å²) in [6.45, 7) is 2.72. The summed E-state index contributed by atoms with van der Waals surface area (Å²) in [7, 11) is 1.29. The minimum atomic E-state index is -1.08. The molecule has 1 heterocycles. The van der Waals surface area contributed by atoms with E-state index in [1.165, 1.54) is 7.11 Å². The number of nitrogens with zero attached hydrogens (tertiary/aromatic N) is 2. The van der Waals surface area contributed by atoms with Gasteiger partial charge in [-0.15, -0.1) is 0 Å². The lowest BCUT2D eigenvalue weighted by Gasteiger charge is -2.20. The lowest BCUT2D eigenvalue weighted by Crippen LogP contribution is -2.36. The van der Waals surface area contributed by atoms with Gasteiger partial charge in [-0.2, -0.15) is 5.10 Å². The molecule has 5 heteroatoms.